The van der Waals surface area contributed by atoms with Crippen molar-refractivity contribution in [1.29, 1.82) is 0 Å². The second-order valence-corrected chi connectivity index (χ2v) is 9.50. The molecule has 0 radical (unpaired) electrons. The fourth-order valence-electron chi connectivity index (χ4n) is 5.04. The zero-order valence-electron chi connectivity index (χ0n) is 21.3. The molecule has 35 heavy (non-hydrogen) atoms. The molecule has 2 aliphatic rings. The predicted molar refractivity (Wildman–Crippen MR) is 126 cm³/mol. The van der Waals surface area contributed by atoms with Crippen molar-refractivity contribution in [3.05, 3.63) is 0 Å². The first-order chi connectivity index (χ1) is 17.0. The van der Waals surface area contributed by atoms with Crippen LogP contribution < -0.4 is 0 Å². The van der Waals surface area contributed by atoms with Gasteiger partial charge in [-0.1, -0.05) is 25.7 Å². The van der Waals surface area contributed by atoms with Gasteiger partial charge in [-0.3, -0.25) is 19.2 Å². The molecule has 0 amide bonds. The van der Waals surface area contributed by atoms with E-state index >= 15 is 0 Å². The summed E-state index contributed by atoms with van der Waals surface area (Å²) in [6, 6.07) is 0. The van der Waals surface area contributed by atoms with E-state index in [1.807, 2.05) is 0 Å². The van der Waals surface area contributed by atoms with Crippen LogP contribution in [-0.2, 0) is 42.9 Å². The summed E-state index contributed by atoms with van der Waals surface area (Å²) in [5, 5.41) is 0. The van der Waals surface area contributed by atoms with E-state index in [0.29, 0.717) is 25.7 Å². The molecule has 9 nitrogen and oxygen atoms in total. The molecule has 0 heterocycles. The number of ether oxygens (including phenoxy) is 5. The van der Waals surface area contributed by atoms with Crippen LogP contribution in [0.5, 0.6) is 0 Å². The Morgan fingerprint density at radius 1 is 0.486 bits per heavy atom. The minimum atomic E-state index is -0.213. The first-order valence-electron chi connectivity index (χ1n) is 13.0. The maximum absolute atomic E-state index is 12.4. The highest BCUT2D eigenvalue weighted by molar-refractivity contribution is 5.74. The van der Waals surface area contributed by atoms with Crippen LogP contribution in [0.3, 0.4) is 0 Å². The molecule has 0 aliphatic heterocycles. The van der Waals surface area contributed by atoms with Crippen molar-refractivity contribution < 1.29 is 42.9 Å². The summed E-state index contributed by atoms with van der Waals surface area (Å²) >= 11 is 0. The molecule has 0 N–H and O–H groups in total. The van der Waals surface area contributed by atoms with Crippen LogP contribution in [0.15, 0.2) is 0 Å². The van der Waals surface area contributed by atoms with Crippen LogP contribution in [0.1, 0.15) is 77.0 Å². The summed E-state index contributed by atoms with van der Waals surface area (Å²) in [4.78, 5) is 48.1. The number of hydrogen-bond acceptors (Lipinski definition) is 9. The molecule has 0 aromatic rings. The third-order valence-electron chi connectivity index (χ3n) is 7.10. The SMILES string of the molecule is COC(=O)[C@H]1CCC[C@@H](C(=O)OCCOCCOC(=O)[C@H]2CCC[C@@H](C(=O)OC)CCC2)CCC1. The second kappa shape index (κ2) is 16.5. The van der Waals surface area contributed by atoms with Gasteiger partial charge in [-0.2, -0.15) is 0 Å². The molecule has 2 aliphatic carbocycles. The van der Waals surface area contributed by atoms with Gasteiger partial charge in [-0.25, -0.2) is 0 Å². The first kappa shape index (κ1) is 29.1. The number of methoxy groups -OCH3 is 2. The number of carbonyl (C=O) groups excluding carboxylic acids is 4. The van der Waals surface area contributed by atoms with E-state index in [0.717, 1.165) is 51.4 Å². The standard InChI is InChI=1S/C26H42O9/c1-31-23(27)19-7-3-11-21(12-4-8-19)25(29)34-17-15-33-16-18-35-26(30)22-13-5-9-20(10-6-14-22)24(28)32-2/h19-22H,3-18H2,1-2H3/t19-,20-,21+,22+. The van der Waals surface area contributed by atoms with Crippen molar-refractivity contribution >= 4 is 23.9 Å². The average molecular weight is 499 g/mol. The van der Waals surface area contributed by atoms with Gasteiger partial charge < -0.3 is 23.7 Å². The Morgan fingerprint density at radius 3 is 1.06 bits per heavy atom. The Kier molecular flexibility index (Phi) is 13.7. The third-order valence-corrected chi connectivity index (χ3v) is 7.10. The summed E-state index contributed by atoms with van der Waals surface area (Å²) < 4.78 is 25.8. The van der Waals surface area contributed by atoms with Crippen LogP contribution in [0.25, 0.3) is 0 Å². The zero-order valence-corrected chi connectivity index (χ0v) is 21.3. The molecule has 2 saturated carbocycles. The van der Waals surface area contributed by atoms with E-state index in [1.165, 1.54) is 14.2 Å². The van der Waals surface area contributed by atoms with E-state index in [1.54, 1.807) is 0 Å². The Labute approximate surface area is 208 Å². The van der Waals surface area contributed by atoms with E-state index in [-0.39, 0.29) is 74.0 Å². The number of rotatable bonds is 10. The lowest BCUT2D eigenvalue weighted by Crippen LogP contribution is -2.25. The molecule has 0 unspecified atom stereocenters. The van der Waals surface area contributed by atoms with E-state index in [2.05, 4.69) is 0 Å². The fraction of sp³-hybridized carbons (Fsp3) is 0.846. The van der Waals surface area contributed by atoms with Gasteiger partial charge in [0.05, 0.1) is 51.1 Å². The van der Waals surface area contributed by atoms with Crippen LogP contribution in [0.4, 0.5) is 0 Å². The van der Waals surface area contributed by atoms with Gasteiger partial charge in [0, 0.05) is 0 Å². The van der Waals surface area contributed by atoms with Gasteiger partial charge in [0.25, 0.3) is 0 Å². The average Bonchev–Trinajstić information content (AvgIpc) is 2.82. The molecule has 0 aromatic heterocycles. The van der Waals surface area contributed by atoms with Crippen LogP contribution in [0, 0.1) is 23.7 Å². The monoisotopic (exact) mass is 498 g/mol. The Balaban J connectivity index is 1.52. The van der Waals surface area contributed by atoms with Gasteiger partial charge >= 0.3 is 23.9 Å². The lowest BCUT2D eigenvalue weighted by Gasteiger charge is -2.22. The lowest BCUT2D eigenvalue weighted by atomic mass is 9.86. The maximum Gasteiger partial charge on any atom is 0.309 e. The summed E-state index contributed by atoms with van der Waals surface area (Å²) in [6.45, 7) is 0.827. The van der Waals surface area contributed by atoms with Crippen LogP contribution in [0.2, 0.25) is 0 Å². The smallest absolute Gasteiger partial charge is 0.309 e. The third kappa shape index (κ3) is 10.5. The van der Waals surface area contributed by atoms with Gasteiger partial charge in [-0.05, 0) is 51.4 Å². The predicted octanol–water partition coefficient (Wildman–Crippen LogP) is 3.61. The van der Waals surface area contributed by atoms with Crippen molar-refractivity contribution in [3.63, 3.8) is 0 Å². The molecule has 200 valence electrons. The van der Waals surface area contributed by atoms with Crippen molar-refractivity contribution in [2.45, 2.75) is 77.0 Å². The number of esters is 4. The molecule has 0 aromatic carbocycles. The Hall–Kier alpha value is -2.16. The zero-order chi connectivity index (χ0) is 25.5. The molecule has 9 heteroatoms. The topological polar surface area (TPSA) is 114 Å². The maximum atomic E-state index is 12.4. The lowest BCUT2D eigenvalue weighted by molar-refractivity contribution is -0.152. The van der Waals surface area contributed by atoms with Crippen LogP contribution >= 0.6 is 0 Å². The highest BCUT2D eigenvalue weighted by atomic mass is 16.6. The largest absolute Gasteiger partial charge is 0.469 e. The normalized spacial score (nSPS) is 25.7. The molecule has 0 bridgehead atoms. The fourth-order valence-corrected chi connectivity index (χ4v) is 5.04. The van der Waals surface area contributed by atoms with Gasteiger partial charge in [0.1, 0.15) is 13.2 Å². The first-order valence-corrected chi connectivity index (χ1v) is 13.0. The quantitative estimate of drug-likeness (QED) is 0.253. The number of hydrogen-bond donors (Lipinski definition) is 0. The number of carbonyl (C=O) groups is 4. The van der Waals surface area contributed by atoms with Crippen molar-refractivity contribution in [3.8, 4) is 0 Å². The van der Waals surface area contributed by atoms with Crippen molar-refractivity contribution in [2.75, 3.05) is 40.6 Å². The van der Waals surface area contributed by atoms with E-state index in [9.17, 15) is 19.2 Å². The molecule has 0 saturated heterocycles. The van der Waals surface area contributed by atoms with Gasteiger partial charge in [0.15, 0.2) is 0 Å². The van der Waals surface area contributed by atoms with E-state index in [4.69, 9.17) is 23.7 Å². The molecule has 0 atom stereocenters. The minimum absolute atomic E-state index is 0.0644. The summed E-state index contributed by atoms with van der Waals surface area (Å²) in [7, 11) is 2.83. The van der Waals surface area contributed by atoms with E-state index < -0.39 is 0 Å². The van der Waals surface area contributed by atoms with Crippen molar-refractivity contribution in [2.24, 2.45) is 23.7 Å². The van der Waals surface area contributed by atoms with Gasteiger partial charge in [0.2, 0.25) is 0 Å². The molecule has 2 fully saturated rings. The molecular formula is C26H42O9. The molecule has 0 spiro atoms. The molecule has 2 rings (SSSR count). The Bertz CT molecular complexity index is 602. The van der Waals surface area contributed by atoms with Crippen LogP contribution in [-0.4, -0.2) is 64.5 Å². The highest BCUT2D eigenvalue weighted by Gasteiger charge is 2.28. The minimum Gasteiger partial charge on any atom is -0.469 e. The summed E-state index contributed by atoms with van der Waals surface area (Å²) in [5.74, 6) is -1.15. The van der Waals surface area contributed by atoms with Crippen molar-refractivity contribution in [1.82, 2.24) is 0 Å². The molecular weight excluding hydrogens is 456 g/mol. The second-order valence-electron chi connectivity index (χ2n) is 9.50. The summed E-state index contributed by atoms with van der Waals surface area (Å²) in [5.41, 5.74) is 0. The van der Waals surface area contributed by atoms with Gasteiger partial charge in [-0.15, -0.1) is 0 Å². The highest BCUT2D eigenvalue weighted by Crippen LogP contribution is 2.28. The Morgan fingerprint density at radius 2 is 0.771 bits per heavy atom. The summed E-state index contributed by atoms with van der Waals surface area (Å²) in [6.07, 6.45) is 9.04.